The molecule has 1 aliphatic heterocycles. The molecule has 0 radical (unpaired) electrons. The number of carbonyl (C=O) groups is 2. The number of fused-ring (bicyclic) bond motifs is 1. The standard InChI is InChI=1S/C21H25N3O3/c1-3-11-22-21(26)23-14-15-4-5-16-10-12-24(19(16)13-15)20(25)17-6-8-18(27-2)9-7-17/h4-9,13H,3,10-12,14H2,1-2H3,(H2,22,23,26). The lowest BCUT2D eigenvalue weighted by Gasteiger charge is -2.18. The van der Waals surface area contributed by atoms with Gasteiger partial charge in [0, 0.05) is 30.9 Å². The minimum absolute atomic E-state index is 0.0257. The molecule has 0 saturated carbocycles. The Hall–Kier alpha value is -3.02. The molecule has 2 N–H and O–H groups in total. The van der Waals surface area contributed by atoms with E-state index in [4.69, 9.17) is 4.74 Å². The number of benzene rings is 2. The van der Waals surface area contributed by atoms with Gasteiger partial charge in [0.2, 0.25) is 0 Å². The molecule has 6 nitrogen and oxygen atoms in total. The second-order valence-corrected chi connectivity index (χ2v) is 6.51. The zero-order chi connectivity index (χ0) is 19.2. The van der Waals surface area contributed by atoms with Gasteiger partial charge in [-0.25, -0.2) is 4.79 Å². The van der Waals surface area contributed by atoms with Crippen LogP contribution in [0.1, 0.15) is 34.8 Å². The number of hydrogen-bond acceptors (Lipinski definition) is 3. The van der Waals surface area contributed by atoms with Gasteiger partial charge in [-0.15, -0.1) is 0 Å². The Morgan fingerprint density at radius 3 is 2.59 bits per heavy atom. The van der Waals surface area contributed by atoms with Gasteiger partial charge in [-0.3, -0.25) is 4.79 Å². The summed E-state index contributed by atoms with van der Waals surface area (Å²) in [7, 11) is 1.60. The van der Waals surface area contributed by atoms with Crippen molar-refractivity contribution in [1.82, 2.24) is 10.6 Å². The van der Waals surface area contributed by atoms with E-state index in [2.05, 4.69) is 10.6 Å². The average Bonchev–Trinajstić information content (AvgIpc) is 3.13. The van der Waals surface area contributed by atoms with Gasteiger partial charge in [0.15, 0.2) is 0 Å². The van der Waals surface area contributed by atoms with E-state index >= 15 is 0 Å². The summed E-state index contributed by atoms with van der Waals surface area (Å²) in [5.41, 5.74) is 3.67. The molecule has 0 bridgehead atoms. The maximum absolute atomic E-state index is 12.9. The molecule has 0 saturated heterocycles. The van der Waals surface area contributed by atoms with E-state index < -0.39 is 0 Å². The summed E-state index contributed by atoms with van der Waals surface area (Å²) in [6.07, 6.45) is 1.73. The minimum atomic E-state index is -0.177. The molecule has 1 aliphatic rings. The number of nitrogens with one attached hydrogen (secondary N) is 2. The quantitative estimate of drug-likeness (QED) is 0.824. The second kappa shape index (κ2) is 8.58. The average molecular weight is 367 g/mol. The highest BCUT2D eigenvalue weighted by Crippen LogP contribution is 2.30. The number of hydrogen-bond donors (Lipinski definition) is 2. The number of carbonyl (C=O) groups excluding carboxylic acids is 2. The van der Waals surface area contributed by atoms with Crippen LogP contribution in [0.3, 0.4) is 0 Å². The van der Waals surface area contributed by atoms with Crippen LogP contribution in [0.5, 0.6) is 5.75 Å². The van der Waals surface area contributed by atoms with E-state index in [1.165, 1.54) is 0 Å². The molecule has 2 aromatic rings. The normalized spacial score (nSPS) is 12.4. The van der Waals surface area contributed by atoms with E-state index in [0.717, 1.165) is 35.4 Å². The first-order valence-corrected chi connectivity index (χ1v) is 9.21. The second-order valence-electron chi connectivity index (χ2n) is 6.51. The summed E-state index contributed by atoms with van der Waals surface area (Å²) in [5, 5.41) is 5.63. The number of anilines is 1. The monoisotopic (exact) mass is 367 g/mol. The molecule has 0 spiro atoms. The third kappa shape index (κ3) is 4.39. The highest BCUT2D eigenvalue weighted by Gasteiger charge is 2.25. The Balaban J connectivity index is 1.71. The summed E-state index contributed by atoms with van der Waals surface area (Å²) in [6.45, 7) is 3.75. The fourth-order valence-corrected chi connectivity index (χ4v) is 3.12. The number of methoxy groups -OCH3 is 1. The molecule has 142 valence electrons. The van der Waals surface area contributed by atoms with E-state index in [-0.39, 0.29) is 11.9 Å². The smallest absolute Gasteiger partial charge is 0.315 e. The lowest BCUT2D eigenvalue weighted by molar-refractivity contribution is 0.0989. The van der Waals surface area contributed by atoms with E-state index in [0.29, 0.717) is 25.2 Å². The third-order valence-corrected chi connectivity index (χ3v) is 4.62. The van der Waals surface area contributed by atoms with Crippen LogP contribution in [-0.2, 0) is 13.0 Å². The molecular formula is C21H25N3O3. The van der Waals surface area contributed by atoms with Crippen molar-refractivity contribution in [1.29, 1.82) is 0 Å². The first-order valence-electron chi connectivity index (χ1n) is 9.21. The van der Waals surface area contributed by atoms with Crippen LogP contribution in [0.2, 0.25) is 0 Å². The van der Waals surface area contributed by atoms with E-state index in [1.54, 1.807) is 36.3 Å². The Bertz CT molecular complexity index is 818. The van der Waals surface area contributed by atoms with Gasteiger partial charge in [0.1, 0.15) is 5.75 Å². The van der Waals surface area contributed by atoms with Crippen molar-refractivity contribution >= 4 is 17.6 Å². The van der Waals surface area contributed by atoms with Crippen LogP contribution < -0.4 is 20.3 Å². The largest absolute Gasteiger partial charge is 0.497 e. The predicted octanol–water partition coefficient (Wildman–Crippen LogP) is 3.11. The van der Waals surface area contributed by atoms with Crippen molar-refractivity contribution in [2.75, 3.05) is 25.1 Å². The van der Waals surface area contributed by atoms with Crippen LogP contribution in [0, 0.1) is 0 Å². The summed E-state index contributed by atoms with van der Waals surface area (Å²) >= 11 is 0. The van der Waals surface area contributed by atoms with Crippen LogP contribution in [0.15, 0.2) is 42.5 Å². The van der Waals surface area contributed by atoms with Crippen molar-refractivity contribution < 1.29 is 14.3 Å². The fraction of sp³-hybridized carbons (Fsp3) is 0.333. The first-order chi connectivity index (χ1) is 13.1. The number of ether oxygens (including phenoxy) is 1. The molecule has 0 aliphatic carbocycles. The van der Waals surface area contributed by atoms with Crippen molar-refractivity contribution in [3.8, 4) is 5.75 Å². The molecule has 1 heterocycles. The summed E-state index contributed by atoms with van der Waals surface area (Å²) < 4.78 is 5.15. The predicted molar refractivity (Wildman–Crippen MR) is 105 cm³/mol. The maximum Gasteiger partial charge on any atom is 0.315 e. The third-order valence-electron chi connectivity index (χ3n) is 4.62. The Morgan fingerprint density at radius 1 is 1.11 bits per heavy atom. The molecule has 3 rings (SSSR count). The maximum atomic E-state index is 12.9. The summed E-state index contributed by atoms with van der Waals surface area (Å²) in [5.74, 6) is 0.699. The lowest BCUT2D eigenvalue weighted by atomic mass is 10.1. The molecule has 6 heteroatoms. The highest BCUT2D eigenvalue weighted by atomic mass is 16.5. The van der Waals surface area contributed by atoms with Gasteiger partial charge in [-0.05, 0) is 54.3 Å². The van der Waals surface area contributed by atoms with Gasteiger partial charge in [0.05, 0.1) is 7.11 Å². The van der Waals surface area contributed by atoms with E-state index in [9.17, 15) is 9.59 Å². The molecule has 0 aromatic heterocycles. The number of amides is 3. The molecule has 0 fully saturated rings. The highest BCUT2D eigenvalue weighted by molar-refractivity contribution is 6.07. The van der Waals surface area contributed by atoms with Gasteiger partial charge in [-0.1, -0.05) is 19.1 Å². The zero-order valence-electron chi connectivity index (χ0n) is 15.7. The number of urea groups is 1. The van der Waals surface area contributed by atoms with Gasteiger partial charge >= 0.3 is 6.03 Å². The SMILES string of the molecule is CCCNC(=O)NCc1ccc2c(c1)N(C(=O)c1ccc(OC)cc1)CC2. The summed E-state index contributed by atoms with van der Waals surface area (Å²) in [6, 6.07) is 13.0. The van der Waals surface area contributed by atoms with Crippen molar-refractivity contribution in [3.63, 3.8) is 0 Å². The first kappa shape index (κ1) is 18.8. The fourth-order valence-electron chi connectivity index (χ4n) is 3.12. The minimum Gasteiger partial charge on any atom is -0.497 e. The zero-order valence-corrected chi connectivity index (χ0v) is 15.7. The molecule has 0 atom stereocenters. The molecule has 2 aromatic carbocycles. The van der Waals surface area contributed by atoms with Crippen molar-refractivity contribution in [2.45, 2.75) is 26.3 Å². The van der Waals surface area contributed by atoms with Crippen LogP contribution in [-0.4, -0.2) is 32.1 Å². The van der Waals surface area contributed by atoms with Gasteiger partial charge in [0.25, 0.3) is 5.91 Å². The molecular weight excluding hydrogens is 342 g/mol. The molecule has 27 heavy (non-hydrogen) atoms. The number of nitrogens with zero attached hydrogens (tertiary/aromatic N) is 1. The van der Waals surface area contributed by atoms with Crippen molar-refractivity contribution in [2.24, 2.45) is 0 Å². The molecule has 0 unspecified atom stereocenters. The Morgan fingerprint density at radius 2 is 1.89 bits per heavy atom. The lowest BCUT2D eigenvalue weighted by Crippen LogP contribution is -2.35. The Kier molecular flexibility index (Phi) is 5.96. The van der Waals surface area contributed by atoms with Crippen LogP contribution >= 0.6 is 0 Å². The van der Waals surface area contributed by atoms with Crippen LogP contribution in [0.4, 0.5) is 10.5 Å². The van der Waals surface area contributed by atoms with E-state index in [1.807, 2.05) is 25.1 Å². The molecule has 3 amide bonds. The van der Waals surface area contributed by atoms with Crippen LogP contribution in [0.25, 0.3) is 0 Å². The Labute approximate surface area is 159 Å². The topological polar surface area (TPSA) is 70.7 Å². The summed E-state index contributed by atoms with van der Waals surface area (Å²) in [4.78, 5) is 26.4. The van der Waals surface area contributed by atoms with Crippen molar-refractivity contribution in [3.05, 3.63) is 59.2 Å². The van der Waals surface area contributed by atoms with Gasteiger partial charge in [-0.2, -0.15) is 0 Å². The van der Waals surface area contributed by atoms with Gasteiger partial charge < -0.3 is 20.3 Å². The number of rotatable bonds is 6.